The van der Waals surface area contributed by atoms with E-state index in [9.17, 15) is 0 Å². The molecule has 0 aliphatic heterocycles. The second-order valence-corrected chi connectivity index (χ2v) is 1.85. The number of nitrogens with zero attached hydrogens (tertiary/aromatic N) is 1. The van der Waals surface area contributed by atoms with E-state index in [1.165, 1.54) is 5.56 Å². The van der Waals surface area contributed by atoms with Gasteiger partial charge >= 0.3 is 0 Å². The summed E-state index contributed by atoms with van der Waals surface area (Å²) >= 11 is 0. The van der Waals surface area contributed by atoms with E-state index in [0.29, 0.717) is 0 Å². The average Bonchev–Trinajstić information content (AvgIpc) is 2.21. The first-order chi connectivity index (χ1) is 6.66. The number of nitrogens with two attached hydrogens (primary N) is 2. The molecule has 1 aromatic carbocycles. The largest absolute Gasteiger partial charge is 0.328 e. The number of hydrogen-bond donors (Lipinski definition) is 3. The summed E-state index contributed by atoms with van der Waals surface area (Å²) in [5.74, 6) is 8.00. The lowest BCUT2D eigenvalue weighted by Crippen LogP contribution is -2.02. The highest BCUT2D eigenvalue weighted by Gasteiger charge is 1.75. The Balaban J connectivity index is 0. The highest BCUT2D eigenvalue weighted by molar-refractivity contribution is 5.45. The zero-order valence-corrected chi connectivity index (χ0v) is 7.54. The van der Waals surface area contributed by atoms with Crippen molar-refractivity contribution < 1.29 is 10.3 Å². The molecule has 0 aliphatic rings. The van der Waals surface area contributed by atoms with Gasteiger partial charge in [-0.3, -0.25) is 11.7 Å². The molecule has 6 heteroatoms. The number of benzene rings is 1. The lowest BCUT2D eigenvalue weighted by Gasteiger charge is -1.85. The van der Waals surface area contributed by atoms with E-state index in [1.54, 1.807) is 0 Å². The van der Waals surface area contributed by atoms with Gasteiger partial charge in [0.2, 0.25) is 0 Å². The molecule has 0 heterocycles. The van der Waals surface area contributed by atoms with Crippen LogP contribution >= 0.6 is 0 Å². The summed E-state index contributed by atoms with van der Waals surface area (Å²) in [4.78, 5) is 8.36. The number of hydrazine groups is 1. The maximum Gasteiger partial charge on any atom is 0.291 e. The Labute approximate surface area is 81.5 Å². The minimum Gasteiger partial charge on any atom is -0.328 e. The van der Waals surface area contributed by atoms with Crippen LogP contribution in [-0.2, 0) is 0 Å². The topological polar surface area (TPSA) is 115 Å². The maximum absolute atomic E-state index is 8.36. The fourth-order valence-electron chi connectivity index (χ4n) is 0.589. The van der Waals surface area contributed by atoms with Crippen molar-refractivity contribution in [1.29, 1.82) is 0 Å². The van der Waals surface area contributed by atoms with Crippen LogP contribution in [0.15, 0.2) is 36.9 Å². The van der Waals surface area contributed by atoms with Gasteiger partial charge in [0.05, 0.1) is 0 Å². The standard InChI is InChI=1S/C8H8.H4N2.HNO3/c1-2-8-6-4-3-5-7-8;1-2;2-1(3)4/h2-7H,1H2;1-2H2;(H,2,3,4). The first-order valence-corrected chi connectivity index (χ1v) is 3.51. The van der Waals surface area contributed by atoms with Crippen molar-refractivity contribution in [1.82, 2.24) is 0 Å². The molecule has 0 saturated heterocycles. The predicted octanol–water partition coefficient (Wildman–Crippen LogP) is 0.801. The van der Waals surface area contributed by atoms with Crippen LogP contribution in [0.5, 0.6) is 0 Å². The third-order valence-corrected chi connectivity index (χ3v) is 1.04. The molecule has 5 N–H and O–H groups in total. The van der Waals surface area contributed by atoms with E-state index in [1.807, 2.05) is 36.4 Å². The van der Waals surface area contributed by atoms with Gasteiger partial charge in [0.25, 0.3) is 5.09 Å². The summed E-state index contributed by atoms with van der Waals surface area (Å²) in [6.45, 7) is 3.63. The molecule has 0 bridgehead atoms. The fourth-order valence-corrected chi connectivity index (χ4v) is 0.589. The Bertz CT molecular complexity index is 247. The summed E-state index contributed by atoms with van der Waals surface area (Å²) in [5, 5.41) is 13.6. The van der Waals surface area contributed by atoms with Crippen LogP contribution in [0.3, 0.4) is 0 Å². The van der Waals surface area contributed by atoms with Crippen LogP contribution in [-0.4, -0.2) is 10.3 Å². The summed E-state index contributed by atoms with van der Waals surface area (Å²) in [7, 11) is 0. The molecule has 0 saturated carbocycles. The van der Waals surface area contributed by atoms with Gasteiger partial charge < -0.3 is 5.21 Å². The second kappa shape index (κ2) is 11.1. The molecule has 0 fully saturated rings. The Morgan fingerprint density at radius 1 is 1.36 bits per heavy atom. The summed E-state index contributed by atoms with van der Waals surface area (Å²) in [5.41, 5.74) is 1.17. The van der Waals surface area contributed by atoms with Gasteiger partial charge in [-0.1, -0.05) is 43.0 Å². The van der Waals surface area contributed by atoms with Gasteiger partial charge in [-0.15, -0.1) is 10.1 Å². The van der Waals surface area contributed by atoms with Crippen LogP contribution in [0.25, 0.3) is 6.08 Å². The Kier molecular flexibility index (Phi) is 11.6. The third kappa shape index (κ3) is 12.7. The molecule has 6 nitrogen and oxygen atoms in total. The highest BCUT2D eigenvalue weighted by atomic mass is 16.9. The fraction of sp³-hybridized carbons (Fsp3) is 0. The first kappa shape index (κ1) is 14.6. The molecule has 14 heavy (non-hydrogen) atoms. The lowest BCUT2D eigenvalue weighted by molar-refractivity contribution is -0.742. The molecule has 1 rings (SSSR count). The summed E-state index contributed by atoms with van der Waals surface area (Å²) < 4.78 is 0. The zero-order chi connectivity index (χ0) is 11.4. The van der Waals surface area contributed by atoms with Crippen molar-refractivity contribution in [3.8, 4) is 0 Å². The Morgan fingerprint density at radius 3 is 1.93 bits per heavy atom. The van der Waals surface area contributed by atoms with Crippen molar-refractivity contribution in [2.45, 2.75) is 0 Å². The normalized spacial score (nSPS) is 7.00. The molecule has 78 valence electrons. The first-order valence-electron chi connectivity index (χ1n) is 3.51. The SMILES string of the molecule is C=Cc1ccccc1.NN.O=[N+]([O-])O. The van der Waals surface area contributed by atoms with Crippen LogP contribution in [0.2, 0.25) is 0 Å². The van der Waals surface area contributed by atoms with Gasteiger partial charge in [-0.05, 0) is 5.56 Å². The van der Waals surface area contributed by atoms with Crippen molar-refractivity contribution in [3.63, 3.8) is 0 Å². The highest BCUT2D eigenvalue weighted by Crippen LogP contribution is 1.97. The Morgan fingerprint density at radius 2 is 1.71 bits per heavy atom. The van der Waals surface area contributed by atoms with E-state index < -0.39 is 5.09 Å². The van der Waals surface area contributed by atoms with Gasteiger partial charge in [-0.25, -0.2) is 0 Å². The van der Waals surface area contributed by atoms with Crippen LogP contribution in [0, 0.1) is 10.1 Å². The van der Waals surface area contributed by atoms with E-state index in [0.717, 1.165) is 0 Å². The van der Waals surface area contributed by atoms with Gasteiger partial charge in [0.15, 0.2) is 0 Å². The monoisotopic (exact) mass is 199 g/mol. The molecule has 0 unspecified atom stereocenters. The van der Waals surface area contributed by atoms with E-state index in [2.05, 4.69) is 18.3 Å². The second-order valence-electron chi connectivity index (χ2n) is 1.85. The molecule has 0 aliphatic carbocycles. The Hall–Kier alpha value is -1.92. The predicted molar refractivity (Wildman–Crippen MR) is 53.7 cm³/mol. The molecular formula is C8H13N3O3. The molecular weight excluding hydrogens is 186 g/mol. The summed E-state index contributed by atoms with van der Waals surface area (Å²) in [6.07, 6.45) is 1.83. The lowest BCUT2D eigenvalue weighted by atomic mass is 10.2. The van der Waals surface area contributed by atoms with E-state index in [4.69, 9.17) is 15.3 Å². The van der Waals surface area contributed by atoms with Gasteiger partial charge in [-0.2, -0.15) is 0 Å². The third-order valence-electron chi connectivity index (χ3n) is 1.04. The average molecular weight is 199 g/mol. The minimum atomic E-state index is -1.50. The zero-order valence-electron chi connectivity index (χ0n) is 7.54. The van der Waals surface area contributed by atoms with Crippen molar-refractivity contribution in [2.75, 3.05) is 0 Å². The van der Waals surface area contributed by atoms with Gasteiger partial charge in [0, 0.05) is 0 Å². The van der Waals surface area contributed by atoms with Crippen LogP contribution < -0.4 is 11.7 Å². The summed E-state index contributed by atoms with van der Waals surface area (Å²) in [6, 6.07) is 10.0. The van der Waals surface area contributed by atoms with E-state index in [-0.39, 0.29) is 0 Å². The van der Waals surface area contributed by atoms with Crippen molar-refractivity contribution >= 4 is 6.08 Å². The van der Waals surface area contributed by atoms with Crippen molar-refractivity contribution in [2.24, 2.45) is 11.7 Å². The molecule has 1 aromatic rings. The minimum absolute atomic E-state index is 1.17. The maximum atomic E-state index is 8.36. The van der Waals surface area contributed by atoms with E-state index >= 15 is 0 Å². The van der Waals surface area contributed by atoms with Crippen LogP contribution in [0.4, 0.5) is 0 Å². The molecule has 0 aromatic heterocycles. The number of rotatable bonds is 1. The van der Waals surface area contributed by atoms with Crippen molar-refractivity contribution in [3.05, 3.63) is 52.6 Å². The van der Waals surface area contributed by atoms with Gasteiger partial charge in [0.1, 0.15) is 0 Å². The smallest absolute Gasteiger partial charge is 0.291 e. The molecule has 0 amide bonds. The number of hydrogen-bond acceptors (Lipinski definition) is 4. The quantitative estimate of drug-likeness (QED) is 0.351. The molecule has 0 atom stereocenters. The molecule has 0 spiro atoms. The molecule has 0 radical (unpaired) electrons. The van der Waals surface area contributed by atoms with Crippen LogP contribution in [0.1, 0.15) is 5.56 Å².